The van der Waals surface area contributed by atoms with Gasteiger partial charge in [-0.05, 0) is 64.1 Å². The van der Waals surface area contributed by atoms with Gasteiger partial charge in [-0.1, -0.05) is 0 Å². The van der Waals surface area contributed by atoms with E-state index >= 15 is 0 Å². The van der Waals surface area contributed by atoms with Crippen LogP contribution in [0, 0.1) is 7.40 Å². The molecule has 0 fully saturated rings. The smallest absolute Gasteiger partial charge is 0.235 e. The van der Waals surface area contributed by atoms with Crippen molar-refractivity contribution in [3.05, 3.63) is 31.7 Å². The molecule has 2 N–H and O–H groups in total. The zero-order chi connectivity index (χ0) is 12.4. The van der Waals surface area contributed by atoms with Crippen LogP contribution < -0.4 is 5.73 Å². The van der Waals surface area contributed by atoms with Crippen molar-refractivity contribution in [2.24, 2.45) is 5.73 Å². The van der Waals surface area contributed by atoms with Gasteiger partial charge in [0.1, 0.15) is 13.7 Å². The third kappa shape index (κ3) is 3.13. The van der Waals surface area contributed by atoms with Crippen LogP contribution in [0.1, 0.15) is 12.5 Å². The van der Waals surface area contributed by atoms with Gasteiger partial charge in [-0.3, -0.25) is 4.57 Å². The lowest BCUT2D eigenvalue weighted by atomic mass is 10.1. The molecule has 5 nitrogen and oxygen atoms in total. The Balaban J connectivity index is 2.26. The van der Waals surface area contributed by atoms with Crippen molar-refractivity contribution in [1.82, 2.24) is 19.5 Å². The SMILES string of the molecule is CC(N)Cc1cnc(-n2cnc(I)c2I)nc1. The first kappa shape index (κ1) is 13.1. The fraction of sp³-hybridized carbons (Fsp3) is 0.300. The number of rotatable bonds is 3. The molecule has 0 amide bonds. The van der Waals surface area contributed by atoms with Crippen LogP contribution in [0.5, 0.6) is 0 Å². The van der Waals surface area contributed by atoms with Gasteiger partial charge < -0.3 is 5.73 Å². The van der Waals surface area contributed by atoms with E-state index in [1.54, 1.807) is 6.33 Å². The van der Waals surface area contributed by atoms with Crippen LogP contribution in [0.4, 0.5) is 0 Å². The van der Waals surface area contributed by atoms with Crippen molar-refractivity contribution in [2.45, 2.75) is 19.4 Å². The fourth-order valence-corrected chi connectivity index (χ4v) is 2.26. The highest BCUT2D eigenvalue weighted by atomic mass is 127. The summed E-state index contributed by atoms with van der Waals surface area (Å²) in [5.41, 5.74) is 6.78. The van der Waals surface area contributed by atoms with Crippen molar-refractivity contribution in [3.63, 3.8) is 0 Å². The summed E-state index contributed by atoms with van der Waals surface area (Å²) in [6.45, 7) is 1.97. The summed E-state index contributed by atoms with van der Waals surface area (Å²) in [7, 11) is 0. The lowest BCUT2D eigenvalue weighted by molar-refractivity contribution is 0.729. The molecule has 17 heavy (non-hydrogen) atoms. The van der Waals surface area contributed by atoms with E-state index in [-0.39, 0.29) is 6.04 Å². The third-order valence-corrected chi connectivity index (χ3v) is 4.99. The molecule has 0 bridgehead atoms. The van der Waals surface area contributed by atoms with E-state index in [0.717, 1.165) is 19.4 Å². The average molecular weight is 455 g/mol. The monoisotopic (exact) mass is 455 g/mol. The molecular weight excluding hydrogens is 444 g/mol. The first-order chi connectivity index (χ1) is 8.08. The topological polar surface area (TPSA) is 69.6 Å². The van der Waals surface area contributed by atoms with Crippen molar-refractivity contribution in [2.75, 3.05) is 0 Å². The van der Waals surface area contributed by atoms with Gasteiger partial charge in [0.05, 0.1) is 0 Å². The highest BCUT2D eigenvalue weighted by molar-refractivity contribution is 14.1. The van der Waals surface area contributed by atoms with Gasteiger partial charge in [-0.15, -0.1) is 0 Å². The normalized spacial score (nSPS) is 12.7. The Bertz CT molecular complexity index is 506. The maximum Gasteiger partial charge on any atom is 0.235 e. The summed E-state index contributed by atoms with van der Waals surface area (Å²) in [6.07, 6.45) is 6.15. The lowest BCUT2D eigenvalue weighted by Gasteiger charge is -2.06. The summed E-state index contributed by atoms with van der Waals surface area (Å²) < 4.78 is 3.83. The van der Waals surface area contributed by atoms with E-state index in [4.69, 9.17) is 5.73 Å². The van der Waals surface area contributed by atoms with Crippen molar-refractivity contribution >= 4 is 45.2 Å². The number of nitrogens with two attached hydrogens (primary N) is 1. The number of hydrogen-bond acceptors (Lipinski definition) is 4. The molecule has 1 unspecified atom stereocenters. The number of halogens is 2. The highest BCUT2D eigenvalue weighted by Gasteiger charge is 2.09. The molecule has 0 aliphatic heterocycles. The van der Waals surface area contributed by atoms with Gasteiger partial charge in [-0.25, -0.2) is 15.0 Å². The standard InChI is InChI=1S/C10H11I2N5/c1-6(13)2-7-3-14-10(15-4-7)17-5-16-8(11)9(17)12/h3-6H,2,13H2,1H3. The molecule has 2 aromatic heterocycles. The Morgan fingerprint density at radius 2 is 1.94 bits per heavy atom. The van der Waals surface area contributed by atoms with E-state index in [2.05, 4.69) is 60.1 Å². The molecule has 0 radical (unpaired) electrons. The second kappa shape index (κ2) is 5.57. The molecule has 2 aromatic rings. The van der Waals surface area contributed by atoms with Crippen molar-refractivity contribution in [3.8, 4) is 5.95 Å². The predicted octanol–water partition coefficient (Wildman–Crippen LogP) is 1.76. The highest BCUT2D eigenvalue weighted by Crippen LogP contribution is 2.15. The third-order valence-electron chi connectivity index (χ3n) is 2.13. The number of imidazole rings is 1. The first-order valence-electron chi connectivity index (χ1n) is 5.03. The van der Waals surface area contributed by atoms with Crippen LogP contribution in [0.15, 0.2) is 18.7 Å². The van der Waals surface area contributed by atoms with Crippen molar-refractivity contribution in [1.29, 1.82) is 0 Å². The number of aromatic nitrogens is 4. The summed E-state index contributed by atoms with van der Waals surface area (Å²) in [5.74, 6) is 0.637. The second-order valence-electron chi connectivity index (χ2n) is 3.77. The predicted molar refractivity (Wildman–Crippen MR) is 81.9 cm³/mol. The maximum absolute atomic E-state index is 5.73. The Hall–Kier alpha value is -0.290. The van der Waals surface area contributed by atoms with Gasteiger partial charge in [-0.2, -0.15) is 0 Å². The summed E-state index contributed by atoms with van der Waals surface area (Å²) >= 11 is 4.41. The van der Waals surface area contributed by atoms with E-state index in [9.17, 15) is 0 Å². The zero-order valence-electron chi connectivity index (χ0n) is 9.14. The van der Waals surface area contributed by atoms with Gasteiger partial charge in [0.15, 0.2) is 0 Å². The average Bonchev–Trinajstić information content (AvgIpc) is 2.60. The maximum atomic E-state index is 5.73. The van der Waals surface area contributed by atoms with Crippen LogP contribution in [-0.4, -0.2) is 25.6 Å². The van der Waals surface area contributed by atoms with E-state index in [1.807, 2.05) is 23.9 Å². The van der Waals surface area contributed by atoms with Crippen LogP contribution in [0.25, 0.3) is 5.95 Å². The van der Waals surface area contributed by atoms with Gasteiger partial charge >= 0.3 is 0 Å². The van der Waals surface area contributed by atoms with Crippen LogP contribution in [0.3, 0.4) is 0 Å². The summed E-state index contributed by atoms with van der Waals surface area (Å²) in [4.78, 5) is 12.9. The molecular formula is C10H11I2N5. The molecule has 1 atom stereocenters. The minimum atomic E-state index is 0.124. The van der Waals surface area contributed by atoms with Gasteiger partial charge in [0.25, 0.3) is 0 Å². The molecule has 0 aliphatic rings. The molecule has 7 heteroatoms. The van der Waals surface area contributed by atoms with Gasteiger partial charge in [0.2, 0.25) is 5.95 Å². The molecule has 2 heterocycles. The van der Waals surface area contributed by atoms with Crippen LogP contribution in [-0.2, 0) is 6.42 Å². The Morgan fingerprint density at radius 1 is 1.29 bits per heavy atom. The lowest BCUT2D eigenvalue weighted by Crippen LogP contribution is -2.18. The van der Waals surface area contributed by atoms with Crippen LogP contribution in [0.2, 0.25) is 0 Å². The Kier molecular flexibility index (Phi) is 4.31. The molecule has 0 spiro atoms. The van der Waals surface area contributed by atoms with E-state index < -0.39 is 0 Å². The Labute approximate surface area is 127 Å². The molecule has 0 saturated heterocycles. The minimum Gasteiger partial charge on any atom is -0.328 e. The molecule has 90 valence electrons. The fourth-order valence-electron chi connectivity index (χ4n) is 1.40. The van der Waals surface area contributed by atoms with Crippen LogP contribution >= 0.6 is 45.2 Å². The second-order valence-corrected chi connectivity index (χ2v) is 5.81. The van der Waals surface area contributed by atoms with E-state index in [1.165, 1.54) is 0 Å². The molecule has 2 rings (SSSR count). The van der Waals surface area contributed by atoms with Crippen molar-refractivity contribution < 1.29 is 0 Å². The first-order valence-corrected chi connectivity index (χ1v) is 7.19. The molecule has 0 aliphatic carbocycles. The molecule has 0 saturated carbocycles. The quantitative estimate of drug-likeness (QED) is 0.717. The largest absolute Gasteiger partial charge is 0.328 e. The summed E-state index contributed by atoms with van der Waals surface area (Å²) in [5, 5.41) is 0. The van der Waals surface area contributed by atoms with Gasteiger partial charge in [0, 0.05) is 18.4 Å². The minimum absolute atomic E-state index is 0.124. The molecule has 0 aromatic carbocycles. The Morgan fingerprint density at radius 3 is 2.41 bits per heavy atom. The van der Waals surface area contributed by atoms with E-state index in [0.29, 0.717) is 5.95 Å². The number of hydrogen-bond donors (Lipinski definition) is 1. The zero-order valence-corrected chi connectivity index (χ0v) is 13.5. The number of nitrogens with zero attached hydrogens (tertiary/aromatic N) is 4. The summed E-state index contributed by atoms with van der Waals surface area (Å²) in [6, 6.07) is 0.124.